The van der Waals surface area contributed by atoms with Gasteiger partial charge in [-0.05, 0) is 32.0 Å². The summed E-state index contributed by atoms with van der Waals surface area (Å²) < 4.78 is 0. The number of nitriles is 1. The molecule has 0 saturated carbocycles. The number of aliphatic imine (C=N–C) groups is 1. The highest BCUT2D eigenvalue weighted by Gasteiger charge is 2.43. The van der Waals surface area contributed by atoms with Gasteiger partial charge >= 0.3 is 0 Å². The lowest BCUT2D eigenvalue weighted by Crippen LogP contribution is -2.51. The summed E-state index contributed by atoms with van der Waals surface area (Å²) in [6, 6.07) is 18.7. The lowest BCUT2D eigenvalue weighted by molar-refractivity contribution is 0.0757. The maximum absolute atomic E-state index is 12.9. The van der Waals surface area contributed by atoms with E-state index in [1.54, 1.807) is 38.1 Å². The molecule has 0 N–H and O–H groups in total. The molecule has 2 aromatic carbocycles. The number of amidine groups is 1. The minimum absolute atomic E-state index is 0.222. The van der Waals surface area contributed by atoms with Gasteiger partial charge in [0, 0.05) is 11.1 Å². The molecule has 1 heterocycles. The highest BCUT2D eigenvalue weighted by Crippen LogP contribution is 2.39. The van der Waals surface area contributed by atoms with Crippen LogP contribution in [-0.4, -0.2) is 16.6 Å². The standard InChI is InChI=1S/C18H15N3O/c1-13-20-16-11-7-6-10-15(16)18(2,12-19)21(13)17(22)14-8-4-3-5-9-14/h3-11H,1-2H3. The molecular weight excluding hydrogens is 274 g/mol. The van der Waals surface area contributed by atoms with Crippen LogP contribution >= 0.6 is 0 Å². The van der Waals surface area contributed by atoms with Crippen molar-refractivity contribution in [3.05, 3.63) is 65.7 Å². The molecule has 1 amide bonds. The summed E-state index contributed by atoms with van der Waals surface area (Å²) in [5.41, 5.74) is 0.946. The van der Waals surface area contributed by atoms with E-state index in [1.165, 1.54) is 4.90 Å². The third-order valence-electron chi connectivity index (χ3n) is 3.92. The number of hydrogen-bond acceptors (Lipinski definition) is 3. The van der Waals surface area contributed by atoms with E-state index in [1.807, 2.05) is 30.3 Å². The van der Waals surface area contributed by atoms with Crippen molar-refractivity contribution in [3.63, 3.8) is 0 Å². The van der Waals surface area contributed by atoms with Crippen LogP contribution in [0.3, 0.4) is 0 Å². The lowest BCUT2D eigenvalue weighted by atomic mass is 9.87. The Morgan fingerprint density at radius 3 is 2.45 bits per heavy atom. The largest absolute Gasteiger partial charge is 0.273 e. The van der Waals surface area contributed by atoms with Gasteiger partial charge in [0.05, 0.1) is 11.8 Å². The summed E-state index contributed by atoms with van der Waals surface area (Å²) in [7, 11) is 0. The van der Waals surface area contributed by atoms with Gasteiger partial charge in [0.25, 0.3) is 5.91 Å². The van der Waals surface area contributed by atoms with E-state index in [-0.39, 0.29) is 5.91 Å². The molecule has 1 atom stereocenters. The highest BCUT2D eigenvalue weighted by atomic mass is 16.2. The Labute approximate surface area is 129 Å². The molecule has 0 fully saturated rings. The topological polar surface area (TPSA) is 56.5 Å². The third kappa shape index (κ3) is 1.99. The van der Waals surface area contributed by atoms with Crippen LogP contribution in [0.5, 0.6) is 0 Å². The molecule has 3 rings (SSSR count). The Kier molecular flexibility index (Phi) is 3.26. The zero-order chi connectivity index (χ0) is 15.7. The molecule has 1 aliphatic rings. The molecule has 0 radical (unpaired) electrons. The van der Waals surface area contributed by atoms with Crippen LogP contribution < -0.4 is 0 Å². The zero-order valence-corrected chi connectivity index (χ0v) is 12.4. The highest BCUT2D eigenvalue weighted by molar-refractivity contribution is 6.08. The second-order valence-electron chi connectivity index (χ2n) is 5.37. The van der Waals surface area contributed by atoms with Crippen molar-refractivity contribution in [2.45, 2.75) is 19.4 Å². The lowest BCUT2D eigenvalue weighted by Gasteiger charge is -2.39. The van der Waals surface area contributed by atoms with E-state index in [2.05, 4.69) is 11.1 Å². The first kappa shape index (κ1) is 14.0. The van der Waals surface area contributed by atoms with Crippen molar-refractivity contribution in [2.24, 2.45) is 4.99 Å². The summed E-state index contributed by atoms with van der Waals surface area (Å²) in [5, 5.41) is 9.78. The first-order valence-corrected chi connectivity index (χ1v) is 7.03. The predicted octanol–water partition coefficient (Wildman–Crippen LogP) is 3.63. The Hall–Kier alpha value is -2.93. The van der Waals surface area contributed by atoms with Gasteiger partial charge in [-0.2, -0.15) is 5.26 Å². The van der Waals surface area contributed by atoms with Crippen molar-refractivity contribution >= 4 is 17.4 Å². The van der Waals surface area contributed by atoms with Crippen LogP contribution in [-0.2, 0) is 5.54 Å². The number of rotatable bonds is 1. The number of carbonyl (C=O) groups excluding carboxylic acids is 1. The average Bonchev–Trinajstić information content (AvgIpc) is 2.55. The second-order valence-corrected chi connectivity index (χ2v) is 5.37. The fraction of sp³-hybridized carbons (Fsp3) is 0.167. The van der Waals surface area contributed by atoms with Crippen molar-refractivity contribution < 1.29 is 4.79 Å². The number of fused-ring (bicyclic) bond motifs is 1. The molecule has 108 valence electrons. The average molecular weight is 289 g/mol. The summed E-state index contributed by atoms with van der Waals surface area (Å²) in [6.07, 6.45) is 0. The molecule has 0 bridgehead atoms. The maximum atomic E-state index is 12.9. The molecule has 22 heavy (non-hydrogen) atoms. The van der Waals surface area contributed by atoms with Crippen molar-refractivity contribution in [2.75, 3.05) is 0 Å². The van der Waals surface area contributed by atoms with Gasteiger partial charge in [-0.25, -0.2) is 4.99 Å². The molecule has 0 spiro atoms. The number of para-hydroxylation sites is 1. The van der Waals surface area contributed by atoms with Crippen LogP contribution in [0.4, 0.5) is 5.69 Å². The summed E-state index contributed by atoms with van der Waals surface area (Å²) in [4.78, 5) is 18.9. The van der Waals surface area contributed by atoms with Gasteiger partial charge < -0.3 is 0 Å². The Bertz CT molecular complexity index is 805. The van der Waals surface area contributed by atoms with Crippen LogP contribution in [0.2, 0.25) is 0 Å². The van der Waals surface area contributed by atoms with E-state index >= 15 is 0 Å². The summed E-state index contributed by atoms with van der Waals surface area (Å²) in [6.45, 7) is 3.51. The van der Waals surface area contributed by atoms with Gasteiger partial charge in [-0.3, -0.25) is 9.69 Å². The number of benzene rings is 2. The molecule has 2 aromatic rings. The van der Waals surface area contributed by atoms with E-state index < -0.39 is 5.54 Å². The SMILES string of the molecule is CC1=Nc2ccccc2C(C)(C#N)N1C(=O)c1ccccc1. The van der Waals surface area contributed by atoms with Crippen LogP contribution in [0.1, 0.15) is 29.8 Å². The first-order valence-electron chi connectivity index (χ1n) is 7.03. The van der Waals surface area contributed by atoms with E-state index in [9.17, 15) is 10.1 Å². The van der Waals surface area contributed by atoms with Crippen molar-refractivity contribution in [1.82, 2.24) is 4.90 Å². The van der Waals surface area contributed by atoms with Gasteiger partial charge in [-0.15, -0.1) is 0 Å². The maximum Gasteiger partial charge on any atom is 0.260 e. The van der Waals surface area contributed by atoms with Crippen LogP contribution in [0, 0.1) is 11.3 Å². The second kappa shape index (κ2) is 5.12. The fourth-order valence-electron chi connectivity index (χ4n) is 2.82. The summed E-state index contributed by atoms with van der Waals surface area (Å²) >= 11 is 0. The molecule has 4 heteroatoms. The van der Waals surface area contributed by atoms with Gasteiger partial charge in [0.2, 0.25) is 0 Å². The smallest absolute Gasteiger partial charge is 0.260 e. The first-order chi connectivity index (χ1) is 10.6. The Morgan fingerprint density at radius 1 is 1.14 bits per heavy atom. The third-order valence-corrected chi connectivity index (χ3v) is 3.92. The Balaban J connectivity index is 2.17. The molecule has 0 saturated heterocycles. The van der Waals surface area contributed by atoms with Gasteiger partial charge in [0.15, 0.2) is 5.54 Å². The predicted molar refractivity (Wildman–Crippen MR) is 84.8 cm³/mol. The number of carbonyl (C=O) groups is 1. The van der Waals surface area contributed by atoms with Crippen molar-refractivity contribution in [1.29, 1.82) is 5.26 Å². The molecule has 4 nitrogen and oxygen atoms in total. The number of nitrogens with zero attached hydrogens (tertiary/aromatic N) is 3. The molecule has 1 aliphatic heterocycles. The van der Waals surface area contributed by atoms with Crippen LogP contribution in [0.25, 0.3) is 0 Å². The van der Waals surface area contributed by atoms with Gasteiger partial charge in [0.1, 0.15) is 5.84 Å². The Morgan fingerprint density at radius 2 is 1.77 bits per heavy atom. The minimum atomic E-state index is -1.07. The van der Waals surface area contributed by atoms with E-state index in [0.29, 0.717) is 11.4 Å². The minimum Gasteiger partial charge on any atom is -0.273 e. The fourth-order valence-corrected chi connectivity index (χ4v) is 2.82. The number of hydrogen-bond donors (Lipinski definition) is 0. The summed E-state index contributed by atoms with van der Waals surface area (Å²) in [5.74, 6) is 0.303. The molecular formula is C18H15N3O. The monoisotopic (exact) mass is 289 g/mol. The van der Waals surface area contributed by atoms with E-state index in [4.69, 9.17) is 0 Å². The van der Waals surface area contributed by atoms with Gasteiger partial charge in [-0.1, -0.05) is 36.4 Å². The van der Waals surface area contributed by atoms with Crippen molar-refractivity contribution in [3.8, 4) is 6.07 Å². The number of amides is 1. The molecule has 1 unspecified atom stereocenters. The zero-order valence-electron chi connectivity index (χ0n) is 12.4. The quantitative estimate of drug-likeness (QED) is 0.805. The normalized spacial score (nSPS) is 19.9. The molecule has 0 aliphatic carbocycles. The van der Waals surface area contributed by atoms with Crippen LogP contribution in [0.15, 0.2) is 59.6 Å². The van der Waals surface area contributed by atoms with E-state index in [0.717, 1.165) is 11.3 Å². The molecule has 0 aromatic heterocycles.